The zero-order chi connectivity index (χ0) is 35.1. The van der Waals surface area contributed by atoms with E-state index in [0.29, 0.717) is 52.4 Å². The topological polar surface area (TPSA) is 114 Å². The van der Waals surface area contributed by atoms with E-state index in [1.54, 1.807) is 18.2 Å². The fourth-order valence-corrected chi connectivity index (χ4v) is 7.30. The smallest absolute Gasteiger partial charge is 0.235 e. The molecule has 3 N–H and O–H groups in total. The van der Waals surface area contributed by atoms with Crippen molar-refractivity contribution in [2.75, 3.05) is 17.2 Å². The van der Waals surface area contributed by atoms with Crippen molar-refractivity contribution < 1.29 is 29.0 Å². The second kappa shape index (κ2) is 15.8. The summed E-state index contributed by atoms with van der Waals surface area (Å²) in [4.78, 5) is 42.7. The Bertz CT molecular complexity index is 1810. The van der Waals surface area contributed by atoms with E-state index in [9.17, 15) is 19.5 Å². The van der Waals surface area contributed by atoms with Crippen molar-refractivity contribution in [3.05, 3.63) is 118 Å². The second-order valence-corrected chi connectivity index (χ2v) is 13.4. The standard InChI is InChI=1S/C40H43BrN2O6/c1-5-26-17-11-13-19-30(26)42-38(45)35-32(44)23-40(4,47)36(39(46)43-31-20-14-12-18-27(31)6-2)34(35)28-21-29(41)37(33(22-28)48-7-3)49-24-25-15-9-8-10-16-25/h8-22,34-36,47H,5-7,23-24H2,1-4H3,(H,42,45)(H,43,46). The van der Waals surface area contributed by atoms with Gasteiger partial charge >= 0.3 is 0 Å². The van der Waals surface area contributed by atoms with Crippen molar-refractivity contribution in [1.29, 1.82) is 0 Å². The van der Waals surface area contributed by atoms with E-state index in [1.165, 1.54) is 6.92 Å². The fraction of sp³-hybridized carbons (Fsp3) is 0.325. The highest BCUT2D eigenvalue weighted by Gasteiger charge is 2.56. The Hall–Kier alpha value is -4.47. The molecule has 0 spiro atoms. The molecule has 8 nitrogen and oxygen atoms in total. The lowest BCUT2D eigenvalue weighted by atomic mass is 9.61. The molecule has 49 heavy (non-hydrogen) atoms. The number of halogens is 1. The minimum atomic E-state index is -1.77. The molecule has 4 aromatic carbocycles. The Labute approximate surface area is 296 Å². The minimum absolute atomic E-state index is 0.277. The molecule has 0 bridgehead atoms. The monoisotopic (exact) mass is 726 g/mol. The molecule has 5 rings (SSSR count). The number of carbonyl (C=O) groups excluding carboxylic acids is 3. The zero-order valence-corrected chi connectivity index (χ0v) is 29.9. The van der Waals surface area contributed by atoms with E-state index in [2.05, 4.69) is 26.6 Å². The Balaban J connectivity index is 1.62. The number of nitrogens with one attached hydrogen (secondary N) is 2. The van der Waals surface area contributed by atoms with Crippen molar-refractivity contribution >= 4 is 44.9 Å². The van der Waals surface area contributed by atoms with Crippen molar-refractivity contribution in [3.63, 3.8) is 0 Å². The van der Waals surface area contributed by atoms with Gasteiger partial charge in [-0.15, -0.1) is 0 Å². The highest BCUT2D eigenvalue weighted by atomic mass is 79.9. The summed E-state index contributed by atoms with van der Waals surface area (Å²) in [5.41, 5.74) is 2.70. The molecule has 0 radical (unpaired) electrons. The molecule has 0 aromatic heterocycles. The quantitative estimate of drug-likeness (QED) is 0.128. The first kappa shape index (κ1) is 35.8. The maximum Gasteiger partial charge on any atom is 0.235 e. The molecule has 0 saturated heterocycles. The van der Waals surface area contributed by atoms with Gasteiger partial charge in [0, 0.05) is 23.7 Å². The van der Waals surface area contributed by atoms with Crippen LogP contribution in [0.1, 0.15) is 62.3 Å². The van der Waals surface area contributed by atoms with Gasteiger partial charge in [0.2, 0.25) is 11.8 Å². The molecule has 256 valence electrons. The zero-order valence-electron chi connectivity index (χ0n) is 28.3. The number of anilines is 2. The van der Waals surface area contributed by atoms with Crippen molar-refractivity contribution in [2.24, 2.45) is 11.8 Å². The van der Waals surface area contributed by atoms with Gasteiger partial charge in [-0.05, 0) is 89.1 Å². The van der Waals surface area contributed by atoms with Gasteiger partial charge in [-0.2, -0.15) is 0 Å². The number of aryl methyl sites for hydroxylation is 2. The number of rotatable bonds is 12. The molecule has 2 amide bonds. The number of ketones is 1. The second-order valence-electron chi connectivity index (χ2n) is 12.5. The third-order valence-electron chi connectivity index (χ3n) is 9.09. The maximum atomic E-state index is 14.4. The Morgan fingerprint density at radius 1 is 0.837 bits per heavy atom. The van der Waals surface area contributed by atoms with Gasteiger partial charge in [0.15, 0.2) is 11.5 Å². The lowest BCUT2D eigenvalue weighted by Gasteiger charge is -2.44. The van der Waals surface area contributed by atoms with Gasteiger partial charge in [-0.3, -0.25) is 14.4 Å². The summed E-state index contributed by atoms with van der Waals surface area (Å²) in [6, 6.07) is 28.1. The average Bonchev–Trinajstić information content (AvgIpc) is 3.08. The predicted octanol–water partition coefficient (Wildman–Crippen LogP) is 7.87. The van der Waals surface area contributed by atoms with Gasteiger partial charge in [0.1, 0.15) is 18.3 Å². The molecule has 1 aliphatic rings. The predicted molar refractivity (Wildman–Crippen MR) is 195 cm³/mol. The van der Waals surface area contributed by atoms with E-state index in [1.807, 2.05) is 93.6 Å². The third kappa shape index (κ3) is 8.06. The van der Waals surface area contributed by atoms with Crippen LogP contribution >= 0.6 is 15.9 Å². The minimum Gasteiger partial charge on any atom is -0.490 e. The van der Waals surface area contributed by atoms with Crippen LogP contribution in [0.4, 0.5) is 11.4 Å². The first-order valence-corrected chi connectivity index (χ1v) is 17.5. The van der Waals surface area contributed by atoms with E-state index in [-0.39, 0.29) is 13.0 Å². The largest absolute Gasteiger partial charge is 0.490 e. The van der Waals surface area contributed by atoms with Gasteiger partial charge in [-0.25, -0.2) is 0 Å². The summed E-state index contributed by atoms with van der Waals surface area (Å²) >= 11 is 3.66. The van der Waals surface area contributed by atoms with E-state index in [0.717, 1.165) is 16.7 Å². The summed E-state index contributed by atoms with van der Waals surface area (Å²) in [5, 5.41) is 17.9. The summed E-state index contributed by atoms with van der Waals surface area (Å²) in [6.45, 7) is 7.91. The highest BCUT2D eigenvalue weighted by molar-refractivity contribution is 9.10. The number of benzene rings is 4. The first-order valence-electron chi connectivity index (χ1n) is 16.7. The van der Waals surface area contributed by atoms with Crippen molar-refractivity contribution in [1.82, 2.24) is 0 Å². The number of Topliss-reactive ketones (excluding diaryl/α,β-unsaturated/α-hetero) is 1. The van der Waals surface area contributed by atoms with E-state index >= 15 is 0 Å². The van der Waals surface area contributed by atoms with Crippen LogP contribution < -0.4 is 20.1 Å². The molecule has 9 heteroatoms. The third-order valence-corrected chi connectivity index (χ3v) is 9.68. The lowest BCUT2D eigenvalue weighted by molar-refractivity contribution is -0.150. The summed E-state index contributed by atoms with van der Waals surface area (Å²) < 4.78 is 12.8. The van der Waals surface area contributed by atoms with Gasteiger partial charge in [0.25, 0.3) is 0 Å². The molecule has 1 aliphatic carbocycles. The van der Waals surface area contributed by atoms with Crippen LogP contribution in [-0.2, 0) is 33.8 Å². The lowest BCUT2D eigenvalue weighted by Crippen LogP contribution is -2.56. The molecule has 4 unspecified atom stereocenters. The Morgan fingerprint density at radius 3 is 2.00 bits per heavy atom. The number of amides is 2. The molecular weight excluding hydrogens is 684 g/mol. The number of hydrogen-bond donors (Lipinski definition) is 3. The summed E-state index contributed by atoms with van der Waals surface area (Å²) in [6.07, 6.45) is 0.975. The van der Waals surface area contributed by atoms with Crippen molar-refractivity contribution in [3.8, 4) is 11.5 Å². The number of aliphatic hydroxyl groups is 1. The number of hydrogen-bond acceptors (Lipinski definition) is 6. The van der Waals surface area contributed by atoms with Gasteiger partial charge in [-0.1, -0.05) is 80.6 Å². The molecule has 4 aromatic rings. The van der Waals surface area contributed by atoms with Crippen LogP contribution in [0, 0.1) is 11.8 Å². The molecule has 1 saturated carbocycles. The number of carbonyl (C=O) groups is 3. The SMILES string of the molecule is CCOc1cc(C2C(C(=O)Nc3ccccc3CC)C(=O)CC(C)(O)C2C(=O)Nc2ccccc2CC)cc(Br)c1OCc1ccccc1. The van der Waals surface area contributed by atoms with Crippen LogP contribution in [-0.4, -0.2) is 34.9 Å². The van der Waals surface area contributed by atoms with Crippen molar-refractivity contribution in [2.45, 2.75) is 65.1 Å². The Morgan fingerprint density at radius 2 is 1.41 bits per heavy atom. The summed E-state index contributed by atoms with van der Waals surface area (Å²) in [7, 11) is 0. The average molecular weight is 728 g/mol. The van der Waals surface area contributed by atoms with Crippen LogP contribution in [0.3, 0.4) is 0 Å². The van der Waals surface area contributed by atoms with Crippen LogP contribution in [0.2, 0.25) is 0 Å². The van der Waals surface area contributed by atoms with Crippen LogP contribution in [0.15, 0.2) is 95.5 Å². The molecule has 4 atom stereocenters. The molecular formula is C40H43BrN2O6. The molecule has 0 heterocycles. The van der Waals surface area contributed by atoms with E-state index in [4.69, 9.17) is 9.47 Å². The maximum absolute atomic E-state index is 14.4. The van der Waals surface area contributed by atoms with Crippen LogP contribution in [0.5, 0.6) is 11.5 Å². The number of ether oxygens (including phenoxy) is 2. The first-order chi connectivity index (χ1) is 23.6. The molecule has 1 fully saturated rings. The fourth-order valence-electron chi connectivity index (χ4n) is 6.73. The van der Waals surface area contributed by atoms with Crippen LogP contribution in [0.25, 0.3) is 0 Å². The van der Waals surface area contributed by atoms with E-state index < -0.39 is 41.0 Å². The van der Waals surface area contributed by atoms with Gasteiger partial charge < -0.3 is 25.2 Å². The molecule has 0 aliphatic heterocycles. The summed E-state index contributed by atoms with van der Waals surface area (Å²) in [5.74, 6) is -4.21. The highest BCUT2D eigenvalue weighted by Crippen LogP contribution is 2.50. The Kier molecular flexibility index (Phi) is 11.6. The van der Waals surface area contributed by atoms with Gasteiger partial charge in [0.05, 0.1) is 22.6 Å². The normalized spacial score (nSPS) is 20.4. The number of para-hydroxylation sites is 2.